The zero-order valence-corrected chi connectivity index (χ0v) is 10.6. The van der Waals surface area contributed by atoms with E-state index in [1.54, 1.807) is 0 Å². The average Bonchev–Trinajstić information content (AvgIpc) is 2.88. The zero-order chi connectivity index (χ0) is 11.7. The highest BCUT2D eigenvalue weighted by molar-refractivity contribution is 5.09. The first-order valence-corrected chi connectivity index (χ1v) is 6.75. The Balaban J connectivity index is 1.60. The average molecular weight is 234 g/mol. The van der Waals surface area contributed by atoms with Gasteiger partial charge in [-0.1, -0.05) is 0 Å². The van der Waals surface area contributed by atoms with Crippen molar-refractivity contribution in [2.24, 2.45) is 0 Å². The fourth-order valence-corrected chi connectivity index (χ4v) is 2.73. The van der Waals surface area contributed by atoms with Crippen LogP contribution in [0.5, 0.6) is 0 Å². The second kappa shape index (κ2) is 4.78. The van der Waals surface area contributed by atoms with Crippen molar-refractivity contribution in [1.82, 2.24) is 19.8 Å². The van der Waals surface area contributed by atoms with Crippen LogP contribution >= 0.6 is 0 Å². The lowest BCUT2D eigenvalue weighted by molar-refractivity contribution is 0.307. The van der Waals surface area contributed by atoms with Crippen molar-refractivity contribution in [2.75, 3.05) is 26.7 Å². The first kappa shape index (κ1) is 11.2. The largest absolute Gasteiger partial charge is 0.333 e. The Bertz CT molecular complexity index is 363. The Morgan fingerprint density at radius 2 is 2.35 bits per heavy atom. The van der Waals surface area contributed by atoms with Gasteiger partial charge < -0.3 is 14.8 Å². The van der Waals surface area contributed by atoms with E-state index in [0.717, 1.165) is 32.2 Å². The Morgan fingerprint density at radius 3 is 3.06 bits per heavy atom. The van der Waals surface area contributed by atoms with Gasteiger partial charge in [-0.3, -0.25) is 0 Å². The molecule has 1 aromatic rings. The minimum Gasteiger partial charge on any atom is -0.333 e. The lowest BCUT2D eigenvalue weighted by Gasteiger charge is -2.18. The van der Waals surface area contributed by atoms with Crippen molar-refractivity contribution in [3.63, 3.8) is 0 Å². The molecule has 1 N–H and O–H groups in total. The maximum atomic E-state index is 4.32. The van der Waals surface area contributed by atoms with Gasteiger partial charge in [0, 0.05) is 43.5 Å². The highest BCUT2D eigenvalue weighted by Crippen LogP contribution is 2.25. The third-order valence-corrected chi connectivity index (χ3v) is 4.09. The summed E-state index contributed by atoms with van der Waals surface area (Å²) in [7, 11) is 2.24. The van der Waals surface area contributed by atoms with Crippen molar-refractivity contribution < 1.29 is 0 Å². The van der Waals surface area contributed by atoms with Crippen LogP contribution in [0.2, 0.25) is 0 Å². The molecule has 0 bridgehead atoms. The summed E-state index contributed by atoms with van der Waals surface area (Å²) in [6.07, 6.45) is 8.08. The van der Waals surface area contributed by atoms with Crippen LogP contribution in [0.25, 0.3) is 0 Å². The first-order valence-electron chi connectivity index (χ1n) is 6.75. The molecule has 17 heavy (non-hydrogen) atoms. The number of hydrogen-bond acceptors (Lipinski definition) is 3. The number of imidazole rings is 1. The van der Waals surface area contributed by atoms with Crippen LogP contribution < -0.4 is 5.32 Å². The van der Waals surface area contributed by atoms with E-state index < -0.39 is 0 Å². The van der Waals surface area contributed by atoms with E-state index in [1.807, 2.05) is 6.33 Å². The smallest absolute Gasteiger partial charge is 0.0948 e. The van der Waals surface area contributed by atoms with E-state index in [0.29, 0.717) is 5.92 Å². The molecule has 0 amide bonds. The van der Waals surface area contributed by atoms with Crippen molar-refractivity contribution in [2.45, 2.75) is 37.8 Å². The standard InChI is InChI=1S/C13H22N4/c1-16(12-2-3-12)6-7-17-10-15-9-13(17)11-4-5-14-8-11/h9-12,14H,2-8H2,1H3. The number of rotatable bonds is 5. The molecule has 1 aromatic heterocycles. The van der Waals surface area contributed by atoms with Crippen LogP contribution in [0.1, 0.15) is 30.9 Å². The minimum atomic E-state index is 0.670. The lowest BCUT2D eigenvalue weighted by Crippen LogP contribution is -2.26. The van der Waals surface area contributed by atoms with Gasteiger partial charge >= 0.3 is 0 Å². The molecule has 1 atom stereocenters. The molecule has 0 radical (unpaired) electrons. The van der Waals surface area contributed by atoms with Gasteiger partial charge in [0.05, 0.1) is 6.33 Å². The number of aromatic nitrogens is 2. The predicted molar refractivity (Wildman–Crippen MR) is 68.1 cm³/mol. The molecule has 1 unspecified atom stereocenters. The van der Waals surface area contributed by atoms with Gasteiger partial charge in [-0.2, -0.15) is 0 Å². The summed E-state index contributed by atoms with van der Waals surface area (Å²) >= 11 is 0. The Labute approximate surface area is 103 Å². The van der Waals surface area contributed by atoms with Gasteiger partial charge in [0.15, 0.2) is 0 Å². The molecule has 2 aliphatic rings. The van der Waals surface area contributed by atoms with E-state index in [-0.39, 0.29) is 0 Å². The van der Waals surface area contributed by atoms with Crippen molar-refractivity contribution in [1.29, 1.82) is 0 Å². The molecule has 0 spiro atoms. The molecule has 1 saturated heterocycles. The SMILES string of the molecule is CN(CCn1cncc1C1CCNC1)C1CC1. The van der Waals surface area contributed by atoms with Gasteiger partial charge in [0.2, 0.25) is 0 Å². The summed E-state index contributed by atoms with van der Waals surface area (Å²) in [4.78, 5) is 6.80. The number of nitrogens with one attached hydrogen (secondary N) is 1. The highest BCUT2D eigenvalue weighted by Gasteiger charge is 2.26. The summed E-state index contributed by atoms with van der Waals surface area (Å²) in [6.45, 7) is 4.50. The van der Waals surface area contributed by atoms with Gasteiger partial charge in [-0.25, -0.2) is 4.98 Å². The second-order valence-corrected chi connectivity index (χ2v) is 5.41. The predicted octanol–water partition coefficient (Wildman–Crippen LogP) is 1.05. The fourth-order valence-electron chi connectivity index (χ4n) is 2.73. The van der Waals surface area contributed by atoms with Gasteiger partial charge in [-0.15, -0.1) is 0 Å². The molecule has 3 rings (SSSR count). The summed E-state index contributed by atoms with van der Waals surface area (Å²) in [5, 5.41) is 3.43. The van der Waals surface area contributed by atoms with Crippen LogP contribution in [0.3, 0.4) is 0 Å². The van der Waals surface area contributed by atoms with Crippen LogP contribution in [-0.4, -0.2) is 47.2 Å². The van der Waals surface area contributed by atoms with Crippen molar-refractivity contribution in [3.05, 3.63) is 18.2 Å². The lowest BCUT2D eigenvalue weighted by atomic mass is 10.1. The highest BCUT2D eigenvalue weighted by atomic mass is 15.2. The molecule has 2 heterocycles. The monoisotopic (exact) mass is 234 g/mol. The zero-order valence-electron chi connectivity index (χ0n) is 10.6. The molecule has 94 valence electrons. The van der Waals surface area contributed by atoms with Gasteiger partial charge in [0.25, 0.3) is 0 Å². The maximum Gasteiger partial charge on any atom is 0.0948 e. The van der Waals surface area contributed by atoms with Gasteiger partial charge in [-0.05, 0) is 32.9 Å². The van der Waals surface area contributed by atoms with Crippen LogP contribution in [0, 0.1) is 0 Å². The normalized spacial score (nSPS) is 24.7. The second-order valence-electron chi connectivity index (χ2n) is 5.41. The molecule has 0 aromatic carbocycles. The Morgan fingerprint density at radius 1 is 1.47 bits per heavy atom. The molecule has 4 heteroatoms. The number of likely N-dealkylation sites (N-methyl/N-ethyl adjacent to an activating group) is 1. The third-order valence-electron chi connectivity index (χ3n) is 4.09. The molecular formula is C13H22N4. The summed E-state index contributed by atoms with van der Waals surface area (Å²) in [5.74, 6) is 0.670. The molecule has 2 fully saturated rings. The van der Waals surface area contributed by atoms with E-state index in [4.69, 9.17) is 0 Å². The van der Waals surface area contributed by atoms with E-state index in [9.17, 15) is 0 Å². The van der Waals surface area contributed by atoms with Crippen LogP contribution in [0.4, 0.5) is 0 Å². The summed E-state index contributed by atoms with van der Waals surface area (Å²) in [5.41, 5.74) is 1.42. The first-order chi connectivity index (χ1) is 8.34. The number of nitrogens with zero attached hydrogens (tertiary/aromatic N) is 3. The number of hydrogen-bond donors (Lipinski definition) is 1. The van der Waals surface area contributed by atoms with Crippen LogP contribution in [0.15, 0.2) is 12.5 Å². The quantitative estimate of drug-likeness (QED) is 0.827. The maximum absolute atomic E-state index is 4.32. The van der Waals surface area contributed by atoms with Crippen LogP contribution in [-0.2, 0) is 6.54 Å². The van der Waals surface area contributed by atoms with Crippen molar-refractivity contribution in [3.8, 4) is 0 Å². The minimum absolute atomic E-state index is 0.670. The van der Waals surface area contributed by atoms with E-state index in [1.165, 1.54) is 25.0 Å². The van der Waals surface area contributed by atoms with Crippen molar-refractivity contribution >= 4 is 0 Å². The fraction of sp³-hybridized carbons (Fsp3) is 0.769. The van der Waals surface area contributed by atoms with E-state index in [2.05, 4.69) is 33.0 Å². The molecule has 1 aliphatic heterocycles. The topological polar surface area (TPSA) is 33.1 Å². The summed E-state index contributed by atoms with van der Waals surface area (Å²) < 4.78 is 2.34. The third kappa shape index (κ3) is 2.53. The van der Waals surface area contributed by atoms with Gasteiger partial charge in [0.1, 0.15) is 0 Å². The molecule has 1 saturated carbocycles. The molecule has 4 nitrogen and oxygen atoms in total. The van der Waals surface area contributed by atoms with E-state index >= 15 is 0 Å². The summed E-state index contributed by atoms with van der Waals surface area (Å²) in [6, 6.07) is 0.857. The Kier molecular flexibility index (Phi) is 3.16. The Hall–Kier alpha value is -0.870. The molecular weight excluding hydrogens is 212 g/mol. The molecule has 1 aliphatic carbocycles.